The van der Waals surface area contributed by atoms with Gasteiger partial charge in [0.1, 0.15) is 6.10 Å². The molecule has 0 amide bonds. The number of nitrogens with zero attached hydrogens (tertiary/aromatic N) is 2. The fourth-order valence-corrected chi connectivity index (χ4v) is 1.81. The molecular weight excluding hydrogens is 252 g/mol. The van der Waals surface area contributed by atoms with Crippen LogP contribution in [0.15, 0.2) is 36.7 Å². The molecule has 5 heteroatoms. The first-order valence-electron chi connectivity index (χ1n) is 5.48. The fraction of sp³-hybridized carbons (Fsp3) is 0.231. The standard InChI is InChI=1S/C13H13ClN2O2/c1-18-13-4-2-3-11(16-13)12(17)7-9-5-6-15-8-10(9)14/h2-6,8,12,17H,7H2,1H3. The molecule has 1 N–H and O–H groups in total. The lowest BCUT2D eigenvalue weighted by Crippen LogP contribution is -2.05. The summed E-state index contributed by atoms with van der Waals surface area (Å²) in [6.07, 6.45) is 2.87. The van der Waals surface area contributed by atoms with E-state index in [1.165, 1.54) is 7.11 Å². The van der Waals surface area contributed by atoms with E-state index >= 15 is 0 Å². The predicted molar refractivity (Wildman–Crippen MR) is 68.7 cm³/mol. The average molecular weight is 265 g/mol. The van der Waals surface area contributed by atoms with Crippen LogP contribution in [0.3, 0.4) is 0 Å². The maximum absolute atomic E-state index is 10.1. The van der Waals surface area contributed by atoms with Gasteiger partial charge in [0.2, 0.25) is 5.88 Å². The van der Waals surface area contributed by atoms with Crippen molar-refractivity contribution in [2.24, 2.45) is 0 Å². The molecule has 1 unspecified atom stereocenters. The minimum Gasteiger partial charge on any atom is -0.481 e. The van der Waals surface area contributed by atoms with Crippen LogP contribution in [-0.4, -0.2) is 22.2 Å². The molecular formula is C13H13ClN2O2. The van der Waals surface area contributed by atoms with E-state index in [0.29, 0.717) is 23.0 Å². The van der Waals surface area contributed by atoms with E-state index < -0.39 is 6.10 Å². The van der Waals surface area contributed by atoms with Crippen LogP contribution in [0.25, 0.3) is 0 Å². The Morgan fingerprint density at radius 3 is 2.94 bits per heavy atom. The first-order chi connectivity index (χ1) is 8.70. The summed E-state index contributed by atoms with van der Waals surface area (Å²) < 4.78 is 5.02. The van der Waals surface area contributed by atoms with Crippen molar-refractivity contribution in [2.45, 2.75) is 12.5 Å². The number of methoxy groups -OCH3 is 1. The Morgan fingerprint density at radius 1 is 1.39 bits per heavy atom. The highest BCUT2D eigenvalue weighted by Crippen LogP contribution is 2.22. The zero-order valence-corrected chi connectivity index (χ0v) is 10.6. The number of aliphatic hydroxyl groups excluding tert-OH is 1. The molecule has 2 heterocycles. The first kappa shape index (κ1) is 12.8. The molecule has 0 aliphatic heterocycles. The Kier molecular flexibility index (Phi) is 4.12. The summed E-state index contributed by atoms with van der Waals surface area (Å²) in [5, 5.41) is 10.7. The van der Waals surface area contributed by atoms with Gasteiger partial charge in [0, 0.05) is 24.9 Å². The Labute approximate surface area is 110 Å². The number of aromatic nitrogens is 2. The lowest BCUT2D eigenvalue weighted by Gasteiger charge is -2.11. The third-order valence-corrected chi connectivity index (χ3v) is 2.91. The average Bonchev–Trinajstić information content (AvgIpc) is 2.41. The molecule has 0 spiro atoms. The SMILES string of the molecule is COc1cccc(C(O)Cc2ccncc2Cl)n1. The van der Waals surface area contributed by atoms with Crippen LogP contribution in [0.1, 0.15) is 17.4 Å². The molecule has 1 atom stereocenters. The van der Waals surface area contributed by atoms with Gasteiger partial charge in [-0.15, -0.1) is 0 Å². The second-order valence-corrected chi connectivity index (χ2v) is 4.20. The van der Waals surface area contributed by atoms with E-state index in [0.717, 1.165) is 5.56 Å². The van der Waals surface area contributed by atoms with E-state index in [2.05, 4.69) is 9.97 Å². The lowest BCUT2D eigenvalue weighted by atomic mass is 10.1. The van der Waals surface area contributed by atoms with Crippen molar-refractivity contribution >= 4 is 11.6 Å². The zero-order valence-electron chi connectivity index (χ0n) is 9.88. The summed E-state index contributed by atoms with van der Waals surface area (Å²) in [5.41, 5.74) is 1.39. The number of rotatable bonds is 4. The van der Waals surface area contributed by atoms with Crippen molar-refractivity contribution in [1.29, 1.82) is 0 Å². The molecule has 0 radical (unpaired) electrons. The molecule has 0 aliphatic carbocycles. The molecule has 0 bridgehead atoms. The highest BCUT2D eigenvalue weighted by atomic mass is 35.5. The van der Waals surface area contributed by atoms with Crippen molar-refractivity contribution in [3.8, 4) is 5.88 Å². The minimum atomic E-state index is -0.722. The molecule has 0 aromatic carbocycles. The van der Waals surface area contributed by atoms with Crippen LogP contribution in [-0.2, 0) is 6.42 Å². The summed E-state index contributed by atoms with van der Waals surface area (Å²) in [7, 11) is 1.54. The molecule has 2 rings (SSSR count). The Bertz CT molecular complexity index is 534. The van der Waals surface area contributed by atoms with Gasteiger partial charge in [0.15, 0.2) is 0 Å². The monoisotopic (exact) mass is 264 g/mol. The molecule has 2 aromatic heterocycles. The normalized spacial score (nSPS) is 12.2. The minimum absolute atomic E-state index is 0.390. The first-order valence-corrected chi connectivity index (χ1v) is 5.86. The van der Waals surface area contributed by atoms with Crippen LogP contribution >= 0.6 is 11.6 Å². The van der Waals surface area contributed by atoms with Crippen LogP contribution < -0.4 is 4.74 Å². The van der Waals surface area contributed by atoms with Gasteiger partial charge >= 0.3 is 0 Å². The second-order valence-electron chi connectivity index (χ2n) is 3.79. The van der Waals surface area contributed by atoms with E-state index in [1.54, 1.807) is 36.7 Å². The molecule has 0 saturated carbocycles. The third kappa shape index (κ3) is 2.97. The quantitative estimate of drug-likeness (QED) is 0.921. The van der Waals surface area contributed by atoms with Crippen LogP contribution in [0.4, 0.5) is 0 Å². The van der Waals surface area contributed by atoms with Crippen LogP contribution in [0.5, 0.6) is 5.88 Å². The van der Waals surface area contributed by atoms with Crippen LogP contribution in [0.2, 0.25) is 5.02 Å². The van der Waals surface area contributed by atoms with E-state index in [4.69, 9.17) is 16.3 Å². The topological polar surface area (TPSA) is 55.2 Å². The maximum atomic E-state index is 10.1. The summed E-state index contributed by atoms with van der Waals surface area (Å²) in [4.78, 5) is 8.09. The number of pyridine rings is 2. The Morgan fingerprint density at radius 2 is 2.22 bits per heavy atom. The number of ether oxygens (including phenoxy) is 1. The highest BCUT2D eigenvalue weighted by molar-refractivity contribution is 6.31. The fourth-order valence-electron chi connectivity index (χ4n) is 1.61. The van der Waals surface area contributed by atoms with Crippen molar-refractivity contribution in [2.75, 3.05) is 7.11 Å². The number of aliphatic hydroxyl groups is 1. The zero-order chi connectivity index (χ0) is 13.0. The van der Waals surface area contributed by atoms with Crippen molar-refractivity contribution in [3.63, 3.8) is 0 Å². The van der Waals surface area contributed by atoms with Gasteiger partial charge in [0.25, 0.3) is 0 Å². The summed E-state index contributed by atoms with van der Waals surface area (Å²) in [6.45, 7) is 0. The van der Waals surface area contributed by atoms with Gasteiger partial charge in [-0.3, -0.25) is 4.98 Å². The summed E-state index contributed by atoms with van der Waals surface area (Å²) in [6, 6.07) is 7.06. The maximum Gasteiger partial charge on any atom is 0.213 e. The predicted octanol–water partition coefficient (Wildman–Crippen LogP) is 2.41. The van der Waals surface area contributed by atoms with E-state index in [9.17, 15) is 5.11 Å². The highest BCUT2D eigenvalue weighted by Gasteiger charge is 2.12. The Balaban J connectivity index is 2.16. The molecule has 94 valence electrons. The number of hydrogen-bond acceptors (Lipinski definition) is 4. The van der Waals surface area contributed by atoms with Gasteiger partial charge in [0.05, 0.1) is 17.8 Å². The third-order valence-electron chi connectivity index (χ3n) is 2.57. The Hall–Kier alpha value is -1.65. The van der Waals surface area contributed by atoms with Crippen molar-refractivity contribution in [1.82, 2.24) is 9.97 Å². The van der Waals surface area contributed by atoms with Crippen molar-refractivity contribution in [3.05, 3.63) is 52.9 Å². The van der Waals surface area contributed by atoms with Crippen LogP contribution in [0, 0.1) is 0 Å². The summed E-state index contributed by atoms with van der Waals surface area (Å²) in [5.74, 6) is 0.479. The number of hydrogen-bond donors (Lipinski definition) is 1. The van der Waals surface area contributed by atoms with E-state index in [1.807, 2.05) is 0 Å². The van der Waals surface area contributed by atoms with Gasteiger partial charge in [-0.25, -0.2) is 4.98 Å². The molecule has 0 fully saturated rings. The van der Waals surface area contributed by atoms with E-state index in [-0.39, 0.29) is 0 Å². The van der Waals surface area contributed by atoms with Gasteiger partial charge in [-0.2, -0.15) is 0 Å². The largest absolute Gasteiger partial charge is 0.481 e. The summed E-state index contributed by atoms with van der Waals surface area (Å²) >= 11 is 6.00. The van der Waals surface area contributed by atoms with Gasteiger partial charge in [-0.1, -0.05) is 17.7 Å². The molecule has 0 saturated heterocycles. The molecule has 18 heavy (non-hydrogen) atoms. The molecule has 2 aromatic rings. The second kappa shape index (κ2) is 5.80. The van der Waals surface area contributed by atoms with Gasteiger partial charge in [-0.05, 0) is 17.7 Å². The molecule has 0 aliphatic rings. The smallest absolute Gasteiger partial charge is 0.213 e. The number of halogens is 1. The van der Waals surface area contributed by atoms with Gasteiger partial charge < -0.3 is 9.84 Å². The van der Waals surface area contributed by atoms with Crippen molar-refractivity contribution < 1.29 is 9.84 Å². The lowest BCUT2D eigenvalue weighted by molar-refractivity contribution is 0.172. The molecule has 4 nitrogen and oxygen atoms in total.